The number of benzene rings is 1. The van der Waals surface area contributed by atoms with Gasteiger partial charge in [0.1, 0.15) is 0 Å². The molecule has 0 aliphatic heterocycles. The van der Waals surface area contributed by atoms with Crippen LogP contribution in [0.15, 0.2) is 12.1 Å². The average molecular weight is 289 g/mol. The van der Waals surface area contributed by atoms with Gasteiger partial charge in [-0.3, -0.25) is 0 Å². The highest BCUT2D eigenvalue weighted by molar-refractivity contribution is 5.23. The van der Waals surface area contributed by atoms with E-state index >= 15 is 0 Å². The van der Waals surface area contributed by atoms with Crippen molar-refractivity contribution in [3.8, 4) is 0 Å². The molecule has 0 bridgehead atoms. The van der Waals surface area contributed by atoms with Gasteiger partial charge in [-0.1, -0.05) is 19.9 Å². The summed E-state index contributed by atoms with van der Waals surface area (Å²) in [6, 6.07) is 1.92. The number of hydrogen-bond donors (Lipinski definition) is 1. The molecule has 5 heteroatoms. The van der Waals surface area contributed by atoms with Gasteiger partial charge in [-0.2, -0.15) is 0 Å². The molecule has 0 fully saturated rings. The smallest absolute Gasteiger partial charge is 0.194 e. The van der Waals surface area contributed by atoms with E-state index in [1.807, 2.05) is 13.8 Å². The monoisotopic (exact) mass is 289 g/mol. The first-order chi connectivity index (χ1) is 9.51. The van der Waals surface area contributed by atoms with Crippen LogP contribution in [-0.2, 0) is 4.74 Å². The van der Waals surface area contributed by atoms with Crippen molar-refractivity contribution in [2.24, 2.45) is 5.92 Å². The Morgan fingerprint density at radius 3 is 2.50 bits per heavy atom. The summed E-state index contributed by atoms with van der Waals surface area (Å²) in [7, 11) is 1.60. The Kier molecular flexibility index (Phi) is 7.02. The highest BCUT2D eigenvalue weighted by atomic mass is 19.2. The Morgan fingerprint density at radius 1 is 1.20 bits per heavy atom. The molecule has 20 heavy (non-hydrogen) atoms. The maximum absolute atomic E-state index is 13.9. The van der Waals surface area contributed by atoms with Gasteiger partial charge in [0.05, 0.1) is 0 Å². The topological polar surface area (TPSA) is 21.3 Å². The zero-order valence-electron chi connectivity index (χ0n) is 12.2. The van der Waals surface area contributed by atoms with Gasteiger partial charge in [0.2, 0.25) is 0 Å². The van der Waals surface area contributed by atoms with E-state index in [0.29, 0.717) is 19.6 Å². The van der Waals surface area contributed by atoms with Crippen molar-refractivity contribution in [2.75, 3.05) is 20.3 Å². The molecule has 0 amide bonds. The maximum atomic E-state index is 13.9. The summed E-state index contributed by atoms with van der Waals surface area (Å²) in [6.45, 7) is 5.19. The zero-order valence-corrected chi connectivity index (χ0v) is 12.2. The molecule has 1 aromatic rings. The van der Waals surface area contributed by atoms with E-state index in [9.17, 15) is 13.2 Å². The third-order valence-corrected chi connectivity index (χ3v) is 3.17. The summed E-state index contributed by atoms with van der Waals surface area (Å²) in [5.74, 6) is -3.50. The normalized spacial score (nSPS) is 14.3. The predicted molar refractivity (Wildman–Crippen MR) is 73.0 cm³/mol. The highest BCUT2D eigenvalue weighted by Gasteiger charge is 2.22. The van der Waals surface area contributed by atoms with Crippen LogP contribution < -0.4 is 5.32 Å². The van der Waals surface area contributed by atoms with E-state index in [-0.39, 0.29) is 17.5 Å². The van der Waals surface area contributed by atoms with E-state index in [1.165, 1.54) is 6.07 Å². The Hall–Kier alpha value is -1.07. The third kappa shape index (κ3) is 4.49. The van der Waals surface area contributed by atoms with E-state index in [4.69, 9.17) is 4.74 Å². The number of methoxy groups -OCH3 is 1. The van der Waals surface area contributed by atoms with Crippen LogP contribution in [0.25, 0.3) is 0 Å². The minimum atomic E-state index is -1.41. The first-order valence-corrected chi connectivity index (χ1v) is 6.86. The zero-order chi connectivity index (χ0) is 15.1. The maximum Gasteiger partial charge on any atom is 0.194 e. The van der Waals surface area contributed by atoms with E-state index in [1.54, 1.807) is 7.11 Å². The molecule has 2 atom stereocenters. The minimum Gasteiger partial charge on any atom is -0.384 e. The first-order valence-electron chi connectivity index (χ1n) is 6.86. The predicted octanol–water partition coefficient (Wildman–Crippen LogP) is 3.82. The minimum absolute atomic E-state index is 0.167. The molecule has 1 N–H and O–H groups in total. The number of halogens is 3. The fourth-order valence-corrected chi connectivity index (χ4v) is 2.20. The fourth-order valence-electron chi connectivity index (χ4n) is 2.20. The van der Waals surface area contributed by atoms with Gasteiger partial charge in [0, 0.05) is 25.3 Å². The lowest BCUT2D eigenvalue weighted by Gasteiger charge is -2.23. The molecular weight excluding hydrogens is 267 g/mol. The standard InChI is InChI=1S/C15H22F3NO/c1-4-7-19-13(8-10(2)9-20-3)11-5-6-12(16)15(18)14(11)17/h5-6,10,13,19H,4,7-9H2,1-3H3. The molecule has 114 valence electrons. The van der Waals surface area contributed by atoms with Gasteiger partial charge in [-0.25, -0.2) is 13.2 Å². The second-order valence-electron chi connectivity index (χ2n) is 5.07. The van der Waals surface area contributed by atoms with Crippen molar-refractivity contribution >= 4 is 0 Å². The summed E-state index contributed by atoms with van der Waals surface area (Å²) in [6.07, 6.45) is 1.47. The molecule has 1 aromatic carbocycles. The summed E-state index contributed by atoms with van der Waals surface area (Å²) in [5.41, 5.74) is 0.167. The van der Waals surface area contributed by atoms with Gasteiger partial charge < -0.3 is 10.1 Å². The van der Waals surface area contributed by atoms with Crippen LogP contribution in [0.2, 0.25) is 0 Å². The molecule has 0 aliphatic rings. The second-order valence-corrected chi connectivity index (χ2v) is 5.07. The second kappa shape index (κ2) is 8.27. The van der Waals surface area contributed by atoms with E-state index in [2.05, 4.69) is 5.32 Å². The Labute approximate surface area is 118 Å². The van der Waals surface area contributed by atoms with Crippen LogP contribution in [0, 0.1) is 23.4 Å². The molecule has 0 aliphatic carbocycles. The van der Waals surface area contributed by atoms with Gasteiger partial charge >= 0.3 is 0 Å². The fraction of sp³-hybridized carbons (Fsp3) is 0.600. The lowest BCUT2D eigenvalue weighted by Crippen LogP contribution is -2.26. The number of ether oxygens (including phenoxy) is 1. The lowest BCUT2D eigenvalue weighted by atomic mass is 9.95. The number of hydrogen-bond acceptors (Lipinski definition) is 2. The van der Waals surface area contributed by atoms with Crippen LogP contribution in [0.3, 0.4) is 0 Å². The van der Waals surface area contributed by atoms with Gasteiger partial charge in [0.25, 0.3) is 0 Å². The number of nitrogens with one attached hydrogen (secondary N) is 1. The number of rotatable bonds is 8. The highest BCUT2D eigenvalue weighted by Crippen LogP contribution is 2.26. The first kappa shape index (κ1) is 17.0. The van der Waals surface area contributed by atoms with Crippen molar-refractivity contribution in [1.82, 2.24) is 5.32 Å². The summed E-state index contributed by atoms with van der Waals surface area (Å²) < 4.78 is 45.3. The van der Waals surface area contributed by atoms with Crippen molar-refractivity contribution in [3.63, 3.8) is 0 Å². The molecule has 0 heterocycles. The molecule has 0 saturated heterocycles. The van der Waals surface area contributed by atoms with Crippen molar-refractivity contribution < 1.29 is 17.9 Å². The lowest BCUT2D eigenvalue weighted by molar-refractivity contribution is 0.149. The third-order valence-electron chi connectivity index (χ3n) is 3.17. The summed E-state index contributed by atoms with van der Waals surface area (Å²) in [5, 5.41) is 3.18. The van der Waals surface area contributed by atoms with Crippen molar-refractivity contribution in [3.05, 3.63) is 35.1 Å². The Bertz CT molecular complexity index is 426. The van der Waals surface area contributed by atoms with Crippen molar-refractivity contribution in [1.29, 1.82) is 0 Å². The Morgan fingerprint density at radius 2 is 1.90 bits per heavy atom. The molecule has 2 nitrogen and oxygen atoms in total. The van der Waals surface area contributed by atoms with Crippen LogP contribution in [0.1, 0.15) is 38.3 Å². The molecular formula is C15H22F3NO. The van der Waals surface area contributed by atoms with Crippen LogP contribution >= 0.6 is 0 Å². The van der Waals surface area contributed by atoms with Crippen LogP contribution in [-0.4, -0.2) is 20.3 Å². The molecule has 1 rings (SSSR count). The van der Waals surface area contributed by atoms with Gasteiger partial charge in [-0.05, 0) is 31.4 Å². The van der Waals surface area contributed by atoms with Crippen LogP contribution in [0.5, 0.6) is 0 Å². The van der Waals surface area contributed by atoms with Gasteiger partial charge in [0.15, 0.2) is 17.5 Å². The van der Waals surface area contributed by atoms with E-state index in [0.717, 1.165) is 12.5 Å². The summed E-state index contributed by atoms with van der Waals surface area (Å²) in [4.78, 5) is 0. The van der Waals surface area contributed by atoms with E-state index < -0.39 is 17.5 Å². The summed E-state index contributed by atoms with van der Waals surface area (Å²) >= 11 is 0. The molecule has 0 saturated carbocycles. The van der Waals surface area contributed by atoms with Crippen molar-refractivity contribution in [2.45, 2.75) is 32.7 Å². The molecule has 2 unspecified atom stereocenters. The molecule has 0 radical (unpaired) electrons. The largest absolute Gasteiger partial charge is 0.384 e. The SMILES string of the molecule is CCCNC(CC(C)COC)c1ccc(F)c(F)c1F. The van der Waals surface area contributed by atoms with Crippen LogP contribution in [0.4, 0.5) is 13.2 Å². The molecule has 0 spiro atoms. The Balaban J connectivity index is 2.95. The van der Waals surface area contributed by atoms with Gasteiger partial charge in [-0.15, -0.1) is 0 Å². The molecule has 0 aromatic heterocycles. The average Bonchev–Trinajstić information content (AvgIpc) is 2.41. The quantitative estimate of drug-likeness (QED) is 0.735.